The molecule has 2 aromatic carbocycles. The SMILES string of the molecule is Clc1ccc(Cl)c(SCCN2CCN(c3cccc4[nH]ccc34)CC2)c1. The van der Waals surface area contributed by atoms with Gasteiger partial charge in [-0.05, 0) is 36.4 Å². The number of aromatic amines is 1. The Morgan fingerprint density at radius 2 is 1.85 bits per heavy atom. The molecule has 136 valence electrons. The summed E-state index contributed by atoms with van der Waals surface area (Å²) >= 11 is 14.1. The fraction of sp³-hybridized carbons (Fsp3) is 0.300. The first kappa shape index (κ1) is 18.1. The van der Waals surface area contributed by atoms with Crippen LogP contribution in [0.25, 0.3) is 10.9 Å². The number of hydrogen-bond donors (Lipinski definition) is 1. The van der Waals surface area contributed by atoms with Gasteiger partial charge in [-0.15, -0.1) is 11.8 Å². The van der Waals surface area contributed by atoms with Crippen LogP contribution in [0.2, 0.25) is 10.0 Å². The molecule has 0 radical (unpaired) electrons. The van der Waals surface area contributed by atoms with Gasteiger partial charge in [0.2, 0.25) is 0 Å². The van der Waals surface area contributed by atoms with E-state index in [9.17, 15) is 0 Å². The molecule has 1 saturated heterocycles. The highest BCUT2D eigenvalue weighted by molar-refractivity contribution is 7.99. The van der Waals surface area contributed by atoms with Gasteiger partial charge in [0.1, 0.15) is 0 Å². The first-order valence-electron chi connectivity index (χ1n) is 8.82. The van der Waals surface area contributed by atoms with Gasteiger partial charge in [-0.2, -0.15) is 0 Å². The molecule has 4 rings (SSSR count). The molecule has 0 unspecified atom stereocenters. The van der Waals surface area contributed by atoms with Gasteiger partial charge in [0, 0.05) is 71.2 Å². The molecule has 0 atom stereocenters. The number of nitrogens with one attached hydrogen (secondary N) is 1. The van der Waals surface area contributed by atoms with E-state index in [0.717, 1.165) is 53.4 Å². The van der Waals surface area contributed by atoms with Crippen molar-refractivity contribution < 1.29 is 0 Å². The van der Waals surface area contributed by atoms with Gasteiger partial charge in [-0.25, -0.2) is 0 Å². The van der Waals surface area contributed by atoms with Gasteiger partial charge in [-0.1, -0.05) is 29.3 Å². The number of rotatable bonds is 5. The topological polar surface area (TPSA) is 22.3 Å². The number of halogens is 2. The lowest BCUT2D eigenvalue weighted by Gasteiger charge is -2.36. The van der Waals surface area contributed by atoms with Crippen LogP contribution in [-0.2, 0) is 0 Å². The number of piperazine rings is 1. The van der Waals surface area contributed by atoms with Crippen molar-refractivity contribution in [3.05, 3.63) is 58.7 Å². The summed E-state index contributed by atoms with van der Waals surface area (Å²) < 4.78 is 0. The first-order valence-corrected chi connectivity index (χ1v) is 10.6. The van der Waals surface area contributed by atoms with Gasteiger partial charge in [0.25, 0.3) is 0 Å². The quantitative estimate of drug-likeness (QED) is 0.575. The summed E-state index contributed by atoms with van der Waals surface area (Å²) in [5, 5.41) is 2.83. The van der Waals surface area contributed by atoms with E-state index in [0.29, 0.717) is 0 Å². The maximum atomic E-state index is 6.24. The van der Waals surface area contributed by atoms with Gasteiger partial charge >= 0.3 is 0 Å². The van der Waals surface area contributed by atoms with Crippen molar-refractivity contribution in [1.29, 1.82) is 0 Å². The molecule has 1 aliphatic heterocycles. The second-order valence-corrected chi connectivity index (χ2v) is 8.45. The van der Waals surface area contributed by atoms with Crippen molar-refractivity contribution in [3.8, 4) is 0 Å². The molecule has 0 saturated carbocycles. The Labute approximate surface area is 168 Å². The Bertz CT molecular complexity index is 888. The van der Waals surface area contributed by atoms with Crippen molar-refractivity contribution in [2.45, 2.75) is 4.90 Å². The van der Waals surface area contributed by atoms with Crippen LogP contribution in [0.15, 0.2) is 53.6 Å². The minimum Gasteiger partial charge on any atom is -0.368 e. The second-order valence-electron chi connectivity index (χ2n) is 6.47. The summed E-state index contributed by atoms with van der Waals surface area (Å²) in [5.41, 5.74) is 2.54. The molecule has 2 heterocycles. The van der Waals surface area contributed by atoms with Crippen LogP contribution in [0, 0.1) is 0 Å². The molecule has 1 aromatic heterocycles. The lowest BCUT2D eigenvalue weighted by atomic mass is 10.2. The van der Waals surface area contributed by atoms with E-state index in [4.69, 9.17) is 23.2 Å². The summed E-state index contributed by atoms with van der Waals surface area (Å²) in [6.07, 6.45) is 2.02. The Morgan fingerprint density at radius 3 is 2.69 bits per heavy atom. The maximum absolute atomic E-state index is 6.24. The van der Waals surface area contributed by atoms with Gasteiger partial charge in [0.15, 0.2) is 0 Å². The van der Waals surface area contributed by atoms with Crippen LogP contribution in [0.3, 0.4) is 0 Å². The smallest absolute Gasteiger partial charge is 0.0542 e. The van der Waals surface area contributed by atoms with Gasteiger partial charge < -0.3 is 9.88 Å². The van der Waals surface area contributed by atoms with Crippen LogP contribution in [-0.4, -0.2) is 48.4 Å². The minimum atomic E-state index is 0.740. The van der Waals surface area contributed by atoms with E-state index in [2.05, 4.69) is 39.0 Å². The highest BCUT2D eigenvalue weighted by atomic mass is 35.5. The summed E-state index contributed by atoms with van der Waals surface area (Å²) in [7, 11) is 0. The van der Waals surface area contributed by atoms with E-state index in [1.165, 1.54) is 16.6 Å². The van der Waals surface area contributed by atoms with Crippen molar-refractivity contribution in [2.24, 2.45) is 0 Å². The number of benzene rings is 2. The van der Waals surface area contributed by atoms with Crippen LogP contribution < -0.4 is 4.90 Å². The molecular weight excluding hydrogens is 385 g/mol. The predicted molar refractivity (Wildman–Crippen MR) is 114 cm³/mol. The Morgan fingerprint density at radius 1 is 1.00 bits per heavy atom. The molecule has 3 nitrogen and oxygen atoms in total. The fourth-order valence-corrected chi connectivity index (χ4v) is 4.93. The van der Waals surface area contributed by atoms with Gasteiger partial charge in [-0.3, -0.25) is 4.90 Å². The molecule has 0 amide bonds. The maximum Gasteiger partial charge on any atom is 0.0542 e. The van der Waals surface area contributed by atoms with Gasteiger partial charge in [0.05, 0.1) is 5.02 Å². The number of anilines is 1. The van der Waals surface area contributed by atoms with E-state index in [1.807, 2.05) is 24.4 Å². The highest BCUT2D eigenvalue weighted by Gasteiger charge is 2.18. The first-order chi connectivity index (χ1) is 12.7. The molecule has 0 bridgehead atoms. The largest absolute Gasteiger partial charge is 0.368 e. The predicted octanol–water partition coefficient (Wildman–Crippen LogP) is 5.39. The molecule has 6 heteroatoms. The van der Waals surface area contributed by atoms with E-state index in [-0.39, 0.29) is 0 Å². The summed E-state index contributed by atoms with van der Waals surface area (Å²) in [6.45, 7) is 5.37. The average Bonchev–Trinajstić information content (AvgIpc) is 3.14. The Hall–Kier alpha value is -1.33. The molecule has 0 spiro atoms. The number of H-pyrrole nitrogens is 1. The third kappa shape index (κ3) is 3.99. The lowest BCUT2D eigenvalue weighted by molar-refractivity contribution is 0.273. The molecule has 0 aliphatic carbocycles. The van der Waals surface area contributed by atoms with Crippen molar-refractivity contribution in [3.63, 3.8) is 0 Å². The van der Waals surface area contributed by atoms with Crippen molar-refractivity contribution in [1.82, 2.24) is 9.88 Å². The van der Waals surface area contributed by atoms with Crippen molar-refractivity contribution >= 4 is 51.6 Å². The van der Waals surface area contributed by atoms with Crippen LogP contribution >= 0.6 is 35.0 Å². The zero-order valence-corrected chi connectivity index (χ0v) is 16.7. The van der Waals surface area contributed by atoms with Crippen LogP contribution in [0.1, 0.15) is 0 Å². The van der Waals surface area contributed by atoms with E-state index in [1.54, 1.807) is 11.8 Å². The Balaban J connectivity index is 1.30. The zero-order valence-electron chi connectivity index (χ0n) is 14.4. The fourth-order valence-electron chi connectivity index (χ4n) is 3.43. The zero-order chi connectivity index (χ0) is 17.9. The number of aromatic nitrogens is 1. The highest BCUT2D eigenvalue weighted by Crippen LogP contribution is 2.30. The molecule has 3 aromatic rings. The van der Waals surface area contributed by atoms with E-state index < -0.39 is 0 Å². The third-order valence-electron chi connectivity index (χ3n) is 4.84. The monoisotopic (exact) mass is 405 g/mol. The number of nitrogens with zero attached hydrogens (tertiary/aromatic N) is 2. The number of thioether (sulfide) groups is 1. The Kier molecular flexibility index (Phi) is 5.65. The number of hydrogen-bond acceptors (Lipinski definition) is 3. The molecule has 26 heavy (non-hydrogen) atoms. The van der Waals surface area contributed by atoms with Crippen molar-refractivity contribution in [2.75, 3.05) is 43.4 Å². The second kappa shape index (κ2) is 8.13. The number of fused-ring (bicyclic) bond motifs is 1. The minimum absolute atomic E-state index is 0.740. The normalized spacial score (nSPS) is 15.7. The molecule has 1 N–H and O–H groups in total. The summed E-state index contributed by atoms with van der Waals surface area (Å²) in [6, 6.07) is 14.3. The third-order valence-corrected chi connectivity index (χ3v) is 6.56. The van der Waals surface area contributed by atoms with Crippen LogP contribution in [0.4, 0.5) is 5.69 Å². The molecular formula is C20H21Cl2N3S. The molecule has 1 fully saturated rings. The standard InChI is InChI=1S/C20H21Cl2N3S/c21-15-4-5-17(22)20(14-15)26-13-12-24-8-10-25(11-9-24)19-3-1-2-18-16(19)6-7-23-18/h1-7,14,23H,8-13H2. The lowest BCUT2D eigenvalue weighted by Crippen LogP contribution is -2.47. The summed E-state index contributed by atoms with van der Waals surface area (Å²) in [5.74, 6) is 1.02. The summed E-state index contributed by atoms with van der Waals surface area (Å²) in [4.78, 5) is 9.39. The van der Waals surface area contributed by atoms with Crippen LogP contribution in [0.5, 0.6) is 0 Å². The molecule has 1 aliphatic rings. The van der Waals surface area contributed by atoms with E-state index >= 15 is 0 Å². The average molecular weight is 406 g/mol.